The number of ketones is 1. The van der Waals surface area contributed by atoms with Gasteiger partial charge in [-0.3, -0.25) is 14.4 Å². The molecule has 10 heteroatoms. The first kappa shape index (κ1) is 27.8. The quantitative estimate of drug-likeness (QED) is 0.266. The van der Waals surface area contributed by atoms with Crippen LogP contribution < -0.4 is 27.3 Å². The van der Waals surface area contributed by atoms with Gasteiger partial charge in [0.25, 0.3) is 5.91 Å². The number of rotatable bonds is 6. The second-order valence-electron chi connectivity index (χ2n) is 10.8. The number of ether oxygens (including phenoxy) is 1. The number of hydrogen-bond donors (Lipinski definition) is 4. The lowest BCUT2D eigenvalue weighted by Crippen LogP contribution is -2.53. The topological polar surface area (TPSA) is 154 Å². The molecule has 1 fully saturated rings. The highest BCUT2D eigenvalue weighted by atomic mass is 32.1. The number of nitrogens with two attached hydrogens (primary N) is 3. The molecule has 2 aromatic carbocycles. The largest absolute Gasteiger partial charge is 0.491 e. The summed E-state index contributed by atoms with van der Waals surface area (Å²) in [5.74, 6) is -0.211. The number of nitrogens with one attached hydrogen (secondary N) is 1. The van der Waals surface area contributed by atoms with E-state index in [0.717, 1.165) is 18.4 Å². The molecule has 0 saturated carbocycles. The predicted octanol–water partition coefficient (Wildman–Crippen LogP) is 3.27. The van der Waals surface area contributed by atoms with Crippen LogP contribution in [0.5, 0.6) is 5.75 Å². The molecule has 5 rings (SSSR count). The van der Waals surface area contributed by atoms with Gasteiger partial charge < -0.3 is 32.2 Å². The van der Waals surface area contributed by atoms with Crippen molar-refractivity contribution in [1.82, 2.24) is 10.2 Å². The molecule has 1 aliphatic carbocycles. The summed E-state index contributed by atoms with van der Waals surface area (Å²) in [5.41, 5.74) is 21.4. The van der Waals surface area contributed by atoms with Crippen LogP contribution in [0.25, 0.3) is 10.1 Å². The molecule has 40 heavy (non-hydrogen) atoms. The van der Waals surface area contributed by atoms with Gasteiger partial charge >= 0.3 is 0 Å². The van der Waals surface area contributed by atoms with Crippen LogP contribution in [0.4, 0.5) is 5.69 Å². The average molecular weight is 562 g/mol. The third-order valence-corrected chi connectivity index (χ3v) is 9.01. The number of anilines is 1. The molecular formula is C30H35N5O4S. The minimum Gasteiger partial charge on any atom is -0.491 e. The van der Waals surface area contributed by atoms with Crippen molar-refractivity contribution in [2.75, 3.05) is 18.8 Å². The Hall–Kier alpha value is -3.73. The molecule has 3 aromatic rings. The van der Waals surface area contributed by atoms with E-state index in [1.54, 1.807) is 23.1 Å². The summed E-state index contributed by atoms with van der Waals surface area (Å²) >= 11 is 1.21. The molecule has 0 spiro atoms. The molecule has 7 N–H and O–H groups in total. The van der Waals surface area contributed by atoms with Crippen molar-refractivity contribution in [1.29, 1.82) is 0 Å². The number of carbonyl (C=O) groups excluding carboxylic acids is 3. The molecule has 9 nitrogen and oxygen atoms in total. The Balaban J connectivity index is 1.57. The lowest BCUT2D eigenvalue weighted by molar-refractivity contribution is -0.127. The van der Waals surface area contributed by atoms with Gasteiger partial charge in [0.2, 0.25) is 5.91 Å². The van der Waals surface area contributed by atoms with Crippen LogP contribution in [-0.4, -0.2) is 47.7 Å². The average Bonchev–Trinajstić information content (AvgIpc) is 3.34. The smallest absolute Gasteiger partial charge is 0.262 e. The lowest BCUT2D eigenvalue weighted by atomic mass is 9.70. The fourth-order valence-electron chi connectivity index (χ4n) is 5.80. The summed E-state index contributed by atoms with van der Waals surface area (Å²) in [5, 5.41) is 3.70. The summed E-state index contributed by atoms with van der Waals surface area (Å²) in [6, 6.07) is 7.57. The summed E-state index contributed by atoms with van der Waals surface area (Å²) in [6.45, 7) is 10.4. The Morgan fingerprint density at radius 2 is 2.02 bits per heavy atom. The monoisotopic (exact) mass is 561 g/mol. The number of benzene rings is 2. The number of carbonyl (C=O) groups is 3. The summed E-state index contributed by atoms with van der Waals surface area (Å²) in [4.78, 5) is 41.8. The number of hydrogen-bond acceptors (Lipinski definition) is 8. The van der Waals surface area contributed by atoms with Crippen LogP contribution >= 0.6 is 11.3 Å². The van der Waals surface area contributed by atoms with Crippen molar-refractivity contribution in [3.63, 3.8) is 0 Å². The lowest BCUT2D eigenvalue weighted by Gasteiger charge is -2.37. The maximum Gasteiger partial charge on any atom is 0.262 e. The van der Waals surface area contributed by atoms with E-state index in [0.29, 0.717) is 56.2 Å². The van der Waals surface area contributed by atoms with Crippen LogP contribution in [-0.2, 0) is 15.1 Å². The van der Waals surface area contributed by atoms with Crippen molar-refractivity contribution < 1.29 is 19.1 Å². The molecule has 1 aromatic heterocycles. The number of nitrogens with zero attached hydrogens (tertiary/aromatic N) is 1. The molecule has 2 amide bonds. The second-order valence-corrected chi connectivity index (χ2v) is 11.9. The number of amides is 2. The first-order valence-corrected chi connectivity index (χ1v) is 14.2. The van der Waals surface area contributed by atoms with Crippen LogP contribution in [0.3, 0.4) is 0 Å². The maximum atomic E-state index is 14.0. The Kier molecular flexibility index (Phi) is 7.20. The molecular weight excluding hydrogens is 526 g/mol. The summed E-state index contributed by atoms with van der Waals surface area (Å²) in [7, 11) is 0. The minimum absolute atomic E-state index is 0.00469. The van der Waals surface area contributed by atoms with E-state index >= 15 is 0 Å². The first-order valence-electron chi connectivity index (χ1n) is 13.4. The number of Topliss-reactive ketones (excluding diaryl/α,β-unsaturated/α-hetero) is 1. The van der Waals surface area contributed by atoms with Crippen LogP contribution in [0.1, 0.15) is 64.7 Å². The number of thiophene rings is 1. The zero-order valence-corrected chi connectivity index (χ0v) is 23.8. The highest BCUT2D eigenvalue weighted by Crippen LogP contribution is 2.49. The van der Waals surface area contributed by atoms with E-state index < -0.39 is 17.4 Å². The molecule has 210 valence electrons. The van der Waals surface area contributed by atoms with Crippen molar-refractivity contribution in [2.45, 2.75) is 57.3 Å². The third kappa shape index (κ3) is 4.46. The highest BCUT2D eigenvalue weighted by Gasteiger charge is 2.49. The number of aryl methyl sites for hydroxylation is 1. The Bertz CT molecular complexity index is 1550. The fraction of sp³-hybridized carbons (Fsp3) is 0.367. The third-order valence-electron chi connectivity index (χ3n) is 7.76. The van der Waals surface area contributed by atoms with E-state index in [4.69, 9.17) is 21.9 Å². The molecule has 3 unspecified atom stereocenters. The van der Waals surface area contributed by atoms with Gasteiger partial charge in [-0.15, -0.1) is 11.3 Å². The summed E-state index contributed by atoms with van der Waals surface area (Å²) in [6.07, 6.45) is 2.76. The maximum absolute atomic E-state index is 14.0. The van der Waals surface area contributed by atoms with E-state index in [2.05, 4.69) is 11.9 Å². The zero-order chi connectivity index (χ0) is 28.9. The zero-order valence-electron chi connectivity index (χ0n) is 23.0. The summed E-state index contributed by atoms with van der Waals surface area (Å²) < 4.78 is 6.55. The standard InChI is InChI=1S/C30H35N5O4S/c1-5-22(36)35-12-6-7-18(14-35)34-29(38)27-24-23-19(9-10-20(31)26(23)40-27)30(33,28(37)25(24)32)17-8-11-21(16(4)13-17)39-15(2)3/h5,8-11,13,15,18,25H,1,6-7,12,14,31-33H2,2-4H3,(H,34,38). The van der Waals surface area contributed by atoms with Gasteiger partial charge in [-0.1, -0.05) is 18.7 Å². The van der Waals surface area contributed by atoms with Gasteiger partial charge in [-0.05, 0) is 74.6 Å². The Morgan fingerprint density at radius 3 is 2.70 bits per heavy atom. The van der Waals surface area contributed by atoms with Crippen molar-refractivity contribution >= 4 is 44.7 Å². The van der Waals surface area contributed by atoms with Crippen LogP contribution in [0, 0.1) is 6.92 Å². The first-order chi connectivity index (χ1) is 19.0. The van der Waals surface area contributed by atoms with Gasteiger partial charge in [-0.25, -0.2) is 0 Å². The van der Waals surface area contributed by atoms with Gasteiger partial charge in [-0.2, -0.15) is 0 Å². The van der Waals surface area contributed by atoms with Gasteiger partial charge in [0, 0.05) is 35.8 Å². The van der Waals surface area contributed by atoms with Gasteiger partial charge in [0.1, 0.15) is 11.3 Å². The normalized spacial score (nSPS) is 22.4. The van der Waals surface area contributed by atoms with E-state index in [1.165, 1.54) is 17.4 Å². The van der Waals surface area contributed by atoms with Gasteiger partial charge in [0.05, 0.1) is 21.7 Å². The molecule has 0 bridgehead atoms. The predicted molar refractivity (Wildman–Crippen MR) is 157 cm³/mol. The molecule has 2 aliphatic rings. The van der Waals surface area contributed by atoms with Crippen LogP contribution in [0.15, 0.2) is 43.0 Å². The van der Waals surface area contributed by atoms with E-state index in [9.17, 15) is 14.4 Å². The Labute approximate surface area is 237 Å². The van der Waals surface area contributed by atoms with Crippen LogP contribution in [0.2, 0.25) is 0 Å². The fourth-order valence-corrected chi connectivity index (χ4v) is 7.01. The molecule has 0 radical (unpaired) electrons. The number of nitrogen functional groups attached to an aromatic ring is 1. The number of piperidine rings is 1. The second kappa shape index (κ2) is 10.3. The van der Waals surface area contributed by atoms with Gasteiger partial charge in [0.15, 0.2) is 5.78 Å². The molecule has 1 aliphatic heterocycles. The number of likely N-dealkylation sites (tertiary alicyclic amines) is 1. The van der Waals surface area contributed by atoms with E-state index in [-0.39, 0.29) is 24.0 Å². The minimum atomic E-state index is -1.54. The molecule has 2 heterocycles. The molecule has 3 atom stereocenters. The van der Waals surface area contributed by atoms with E-state index in [1.807, 2.05) is 32.9 Å². The molecule has 1 saturated heterocycles. The Morgan fingerprint density at radius 1 is 1.27 bits per heavy atom. The van der Waals surface area contributed by atoms with Crippen molar-refractivity contribution in [3.8, 4) is 5.75 Å². The van der Waals surface area contributed by atoms with Crippen molar-refractivity contribution in [3.05, 3.63) is 70.1 Å². The highest BCUT2D eigenvalue weighted by molar-refractivity contribution is 7.21. The SMILES string of the molecule is C=CC(=O)N1CCCC(NC(=O)c2sc3c(N)ccc4c3c2C(N)C(=O)C4(N)c2ccc(OC(C)C)c(C)c2)C1. The van der Waals surface area contributed by atoms with Crippen molar-refractivity contribution in [2.24, 2.45) is 11.5 Å².